The second kappa shape index (κ2) is 5.98. The molecule has 22 heavy (non-hydrogen) atoms. The van der Waals surface area contributed by atoms with Crippen molar-refractivity contribution in [2.24, 2.45) is 0 Å². The number of carboxylic acids is 1. The molecule has 6 nitrogen and oxygen atoms in total. The van der Waals surface area contributed by atoms with Gasteiger partial charge < -0.3 is 5.11 Å². The van der Waals surface area contributed by atoms with E-state index in [4.69, 9.17) is 0 Å². The number of aromatic carboxylic acids is 1. The number of nitrogens with zero attached hydrogens (tertiary/aromatic N) is 4. The van der Waals surface area contributed by atoms with Crippen LogP contribution in [0.3, 0.4) is 0 Å². The summed E-state index contributed by atoms with van der Waals surface area (Å²) in [6, 6.07) is 9.24. The first-order valence-electron chi connectivity index (χ1n) is 6.44. The number of benzene rings is 1. The van der Waals surface area contributed by atoms with Gasteiger partial charge in [-0.3, -0.25) is 0 Å². The summed E-state index contributed by atoms with van der Waals surface area (Å²) in [6.45, 7) is 0. The van der Waals surface area contributed by atoms with Crippen LogP contribution in [0, 0.1) is 0 Å². The van der Waals surface area contributed by atoms with Crippen molar-refractivity contribution in [3.8, 4) is 16.9 Å². The molecule has 2 heterocycles. The fourth-order valence-electron chi connectivity index (χ4n) is 2.03. The van der Waals surface area contributed by atoms with Crippen molar-refractivity contribution in [2.45, 2.75) is 5.16 Å². The van der Waals surface area contributed by atoms with Crippen molar-refractivity contribution in [3.05, 3.63) is 54.5 Å². The van der Waals surface area contributed by atoms with Crippen molar-refractivity contribution >= 4 is 17.7 Å². The molecule has 0 saturated heterocycles. The van der Waals surface area contributed by atoms with Crippen molar-refractivity contribution in [1.29, 1.82) is 0 Å². The van der Waals surface area contributed by atoms with Crippen LogP contribution in [0.4, 0.5) is 0 Å². The van der Waals surface area contributed by atoms with E-state index in [9.17, 15) is 9.90 Å². The summed E-state index contributed by atoms with van der Waals surface area (Å²) in [7, 11) is 0. The lowest BCUT2D eigenvalue weighted by Crippen LogP contribution is -2.04. The minimum absolute atomic E-state index is 0.0876. The molecular weight excluding hydrogens is 300 g/mol. The maximum absolute atomic E-state index is 11.3. The van der Waals surface area contributed by atoms with Crippen LogP contribution in [0.2, 0.25) is 0 Å². The van der Waals surface area contributed by atoms with Gasteiger partial charge in [0, 0.05) is 24.2 Å². The number of hydrogen-bond donors (Lipinski definition) is 1. The molecule has 0 unspecified atom stereocenters. The van der Waals surface area contributed by atoms with Crippen molar-refractivity contribution in [1.82, 2.24) is 19.7 Å². The molecule has 0 atom stereocenters. The fourth-order valence-corrected chi connectivity index (χ4v) is 2.37. The Hall–Kier alpha value is -2.67. The standard InChI is InChI=1S/C15H12N4O2S/c1-22-15-16-9-12(14(20)21)13(18-15)10-3-5-11(6-4-10)19-8-2-7-17-19/h2-9H,1H3,(H,20,21). The van der Waals surface area contributed by atoms with E-state index in [0.717, 1.165) is 11.3 Å². The molecule has 3 rings (SSSR count). The summed E-state index contributed by atoms with van der Waals surface area (Å²) in [5.74, 6) is -1.04. The minimum Gasteiger partial charge on any atom is -0.478 e. The van der Waals surface area contributed by atoms with Crippen LogP contribution < -0.4 is 0 Å². The normalized spacial score (nSPS) is 10.6. The summed E-state index contributed by atoms with van der Waals surface area (Å²) in [5, 5.41) is 14.0. The quantitative estimate of drug-likeness (QED) is 0.589. The van der Waals surface area contributed by atoms with Crippen molar-refractivity contribution in [2.75, 3.05) is 6.26 Å². The Kier molecular flexibility index (Phi) is 3.88. The average Bonchev–Trinajstić information content (AvgIpc) is 3.09. The molecule has 0 aliphatic rings. The third-order valence-electron chi connectivity index (χ3n) is 3.09. The Morgan fingerprint density at radius 3 is 2.64 bits per heavy atom. The van der Waals surface area contributed by atoms with Gasteiger partial charge in [-0.1, -0.05) is 23.9 Å². The van der Waals surface area contributed by atoms with E-state index in [-0.39, 0.29) is 5.56 Å². The number of hydrogen-bond acceptors (Lipinski definition) is 5. The van der Waals surface area contributed by atoms with Gasteiger partial charge in [-0.2, -0.15) is 5.10 Å². The Labute approximate surface area is 130 Å². The Morgan fingerprint density at radius 1 is 1.27 bits per heavy atom. The fraction of sp³-hybridized carbons (Fsp3) is 0.0667. The summed E-state index contributed by atoms with van der Waals surface area (Å²) in [5.41, 5.74) is 2.12. The van der Waals surface area contributed by atoms with Gasteiger partial charge in [0.2, 0.25) is 0 Å². The molecule has 3 aromatic rings. The predicted octanol–water partition coefficient (Wildman–Crippen LogP) is 2.75. The molecule has 0 spiro atoms. The Morgan fingerprint density at radius 2 is 2.05 bits per heavy atom. The van der Waals surface area contributed by atoms with E-state index >= 15 is 0 Å². The molecule has 7 heteroatoms. The lowest BCUT2D eigenvalue weighted by atomic mass is 10.1. The zero-order chi connectivity index (χ0) is 15.5. The van der Waals surface area contributed by atoms with Crippen LogP contribution >= 0.6 is 11.8 Å². The average molecular weight is 312 g/mol. The number of rotatable bonds is 4. The van der Waals surface area contributed by atoms with E-state index < -0.39 is 5.97 Å². The number of carbonyl (C=O) groups is 1. The van der Waals surface area contributed by atoms with Gasteiger partial charge in [-0.15, -0.1) is 0 Å². The van der Waals surface area contributed by atoms with Gasteiger partial charge in [0.05, 0.1) is 11.4 Å². The third kappa shape index (κ3) is 2.71. The zero-order valence-electron chi connectivity index (χ0n) is 11.7. The van der Waals surface area contributed by atoms with Gasteiger partial charge >= 0.3 is 5.97 Å². The van der Waals surface area contributed by atoms with Gasteiger partial charge in [0.25, 0.3) is 0 Å². The highest BCUT2D eigenvalue weighted by Gasteiger charge is 2.15. The second-order valence-corrected chi connectivity index (χ2v) is 5.20. The van der Waals surface area contributed by atoms with E-state index in [2.05, 4.69) is 15.1 Å². The van der Waals surface area contributed by atoms with Crippen LogP contribution in [0.25, 0.3) is 16.9 Å². The predicted molar refractivity (Wildman–Crippen MR) is 83.3 cm³/mol. The lowest BCUT2D eigenvalue weighted by molar-refractivity contribution is 0.0696. The van der Waals surface area contributed by atoms with Crippen molar-refractivity contribution < 1.29 is 9.90 Å². The molecule has 0 bridgehead atoms. The highest BCUT2D eigenvalue weighted by atomic mass is 32.2. The summed E-state index contributed by atoms with van der Waals surface area (Å²) in [6.07, 6.45) is 6.73. The highest BCUT2D eigenvalue weighted by Crippen LogP contribution is 2.24. The molecule has 0 aliphatic heterocycles. The first-order valence-corrected chi connectivity index (χ1v) is 7.66. The molecule has 1 aromatic carbocycles. The van der Waals surface area contributed by atoms with Crippen LogP contribution in [0.15, 0.2) is 54.1 Å². The largest absolute Gasteiger partial charge is 0.478 e. The van der Waals surface area contributed by atoms with E-state index in [1.165, 1.54) is 18.0 Å². The van der Waals surface area contributed by atoms with E-state index in [1.54, 1.807) is 10.9 Å². The minimum atomic E-state index is -1.04. The van der Waals surface area contributed by atoms with Gasteiger partial charge in [-0.25, -0.2) is 19.4 Å². The highest BCUT2D eigenvalue weighted by molar-refractivity contribution is 7.98. The van der Waals surface area contributed by atoms with E-state index in [0.29, 0.717) is 10.9 Å². The number of thioether (sulfide) groups is 1. The van der Waals surface area contributed by atoms with Crippen LogP contribution in [0.5, 0.6) is 0 Å². The first-order chi connectivity index (χ1) is 10.7. The summed E-state index contributed by atoms with van der Waals surface area (Å²) in [4.78, 5) is 19.7. The second-order valence-electron chi connectivity index (χ2n) is 4.42. The molecule has 2 aromatic heterocycles. The Balaban J connectivity index is 2.05. The van der Waals surface area contributed by atoms with Gasteiger partial charge in [-0.05, 0) is 24.5 Å². The molecule has 0 amide bonds. The van der Waals surface area contributed by atoms with E-state index in [1.807, 2.05) is 42.8 Å². The molecule has 0 aliphatic carbocycles. The summed E-state index contributed by atoms with van der Waals surface area (Å²) < 4.78 is 1.73. The van der Waals surface area contributed by atoms with Crippen LogP contribution in [-0.2, 0) is 0 Å². The molecule has 0 saturated carbocycles. The molecule has 0 radical (unpaired) electrons. The van der Waals surface area contributed by atoms with Gasteiger partial charge in [0.1, 0.15) is 5.56 Å². The molecular formula is C15H12N4O2S. The number of aromatic nitrogens is 4. The smallest absolute Gasteiger partial charge is 0.339 e. The third-order valence-corrected chi connectivity index (χ3v) is 3.65. The first kappa shape index (κ1) is 14.3. The monoisotopic (exact) mass is 312 g/mol. The summed E-state index contributed by atoms with van der Waals surface area (Å²) >= 11 is 1.37. The Bertz CT molecular complexity index is 801. The number of carboxylic acid groups (broad SMARTS) is 1. The maximum Gasteiger partial charge on any atom is 0.339 e. The topological polar surface area (TPSA) is 80.9 Å². The maximum atomic E-state index is 11.3. The molecule has 110 valence electrons. The molecule has 0 fully saturated rings. The van der Waals surface area contributed by atoms with Gasteiger partial charge in [0.15, 0.2) is 5.16 Å². The zero-order valence-corrected chi connectivity index (χ0v) is 12.5. The molecule has 1 N–H and O–H groups in total. The van der Waals surface area contributed by atoms with Crippen LogP contribution in [0.1, 0.15) is 10.4 Å². The van der Waals surface area contributed by atoms with Crippen LogP contribution in [-0.4, -0.2) is 37.1 Å². The SMILES string of the molecule is CSc1ncc(C(=O)O)c(-c2ccc(-n3cccn3)cc2)n1. The van der Waals surface area contributed by atoms with Crippen molar-refractivity contribution in [3.63, 3.8) is 0 Å². The lowest BCUT2D eigenvalue weighted by Gasteiger charge is -2.08.